The Hall–Kier alpha value is -3.31. The summed E-state index contributed by atoms with van der Waals surface area (Å²) in [4.78, 5) is 14.9. The number of carbonyl (C=O) groups excluding carboxylic acids is 1. The molecule has 29 heavy (non-hydrogen) atoms. The van der Waals surface area contributed by atoms with Crippen molar-refractivity contribution in [3.05, 3.63) is 94.9 Å². The highest BCUT2D eigenvalue weighted by Crippen LogP contribution is 2.31. The van der Waals surface area contributed by atoms with Gasteiger partial charge in [-0.3, -0.25) is 4.79 Å². The van der Waals surface area contributed by atoms with Crippen molar-refractivity contribution in [3.8, 4) is 17.0 Å². The summed E-state index contributed by atoms with van der Waals surface area (Å²) in [5.74, 6) is 0.718. The maximum absolute atomic E-state index is 13.1. The van der Waals surface area contributed by atoms with Crippen LogP contribution in [0.2, 0.25) is 5.02 Å². The minimum Gasteiger partial charge on any atom is -0.356 e. The van der Waals surface area contributed by atoms with Gasteiger partial charge in [0.25, 0.3) is 5.91 Å². The molecular formula is C23H18ClN3O2. The van der Waals surface area contributed by atoms with Crippen LogP contribution in [0.15, 0.2) is 77.6 Å². The van der Waals surface area contributed by atoms with Crippen LogP contribution in [-0.4, -0.2) is 27.1 Å². The number of halogens is 1. The number of amides is 1. The molecule has 0 unspecified atom stereocenters. The summed E-state index contributed by atoms with van der Waals surface area (Å²) >= 11 is 5.99. The highest BCUT2D eigenvalue weighted by atomic mass is 35.5. The third-order valence-corrected chi connectivity index (χ3v) is 5.50. The molecule has 0 saturated carbocycles. The lowest BCUT2D eigenvalue weighted by Gasteiger charge is -2.26. The first-order valence-corrected chi connectivity index (χ1v) is 9.83. The molecule has 0 spiro atoms. The summed E-state index contributed by atoms with van der Waals surface area (Å²) in [7, 11) is 0. The molecule has 0 fully saturated rings. The second kappa shape index (κ2) is 7.26. The van der Waals surface area contributed by atoms with E-state index in [-0.39, 0.29) is 5.91 Å². The molecule has 2 aromatic carbocycles. The van der Waals surface area contributed by atoms with Gasteiger partial charge in [0.05, 0.1) is 12.2 Å². The van der Waals surface area contributed by atoms with Crippen LogP contribution in [0.5, 0.6) is 0 Å². The maximum Gasteiger partial charge on any atom is 0.254 e. The normalized spacial score (nSPS) is 13.3. The molecule has 3 heterocycles. The molecule has 5 rings (SSSR count). The Bertz CT molecular complexity index is 1150. The molecule has 0 saturated heterocycles. The van der Waals surface area contributed by atoms with Gasteiger partial charge in [-0.25, -0.2) is 0 Å². The van der Waals surface area contributed by atoms with Crippen LogP contribution in [0.3, 0.4) is 0 Å². The number of benzene rings is 2. The van der Waals surface area contributed by atoms with Crippen LogP contribution >= 0.6 is 11.6 Å². The molecule has 1 aliphatic heterocycles. The summed E-state index contributed by atoms with van der Waals surface area (Å²) in [6.07, 6.45) is 4.64. The van der Waals surface area contributed by atoms with Crippen molar-refractivity contribution in [1.82, 2.24) is 14.6 Å². The van der Waals surface area contributed by atoms with Crippen LogP contribution in [0.25, 0.3) is 17.0 Å². The molecule has 0 N–H and O–H groups in total. The first kappa shape index (κ1) is 17.8. The fourth-order valence-corrected chi connectivity index (χ4v) is 3.81. The maximum atomic E-state index is 13.1. The monoisotopic (exact) mass is 403 g/mol. The van der Waals surface area contributed by atoms with Gasteiger partial charge in [0.15, 0.2) is 5.76 Å². The second-order valence-electron chi connectivity index (χ2n) is 7.06. The van der Waals surface area contributed by atoms with Crippen molar-refractivity contribution in [2.45, 2.75) is 13.0 Å². The zero-order chi connectivity index (χ0) is 19.8. The van der Waals surface area contributed by atoms with Crippen LogP contribution in [-0.2, 0) is 13.0 Å². The zero-order valence-electron chi connectivity index (χ0n) is 15.6. The lowest BCUT2D eigenvalue weighted by molar-refractivity contribution is 0.0734. The Labute approximate surface area is 173 Å². The van der Waals surface area contributed by atoms with Crippen LogP contribution in [0.1, 0.15) is 21.6 Å². The van der Waals surface area contributed by atoms with Crippen molar-refractivity contribution in [1.29, 1.82) is 0 Å². The van der Waals surface area contributed by atoms with Gasteiger partial charge >= 0.3 is 0 Å². The van der Waals surface area contributed by atoms with E-state index in [1.165, 1.54) is 0 Å². The molecule has 144 valence electrons. The first-order valence-electron chi connectivity index (χ1n) is 9.45. The summed E-state index contributed by atoms with van der Waals surface area (Å²) in [6.45, 7) is 1.10. The molecule has 0 bridgehead atoms. The Morgan fingerprint density at radius 1 is 1.00 bits per heavy atom. The summed E-state index contributed by atoms with van der Waals surface area (Å²) in [6, 6.07) is 19.1. The number of rotatable bonds is 3. The van der Waals surface area contributed by atoms with Crippen molar-refractivity contribution in [2.75, 3.05) is 6.54 Å². The van der Waals surface area contributed by atoms with Crippen LogP contribution in [0, 0.1) is 0 Å². The summed E-state index contributed by atoms with van der Waals surface area (Å²) < 4.78 is 7.61. The van der Waals surface area contributed by atoms with Crippen molar-refractivity contribution < 1.29 is 9.32 Å². The number of fused-ring (bicyclic) bond motifs is 1. The zero-order valence-corrected chi connectivity index (χ0v) is 16.3. The highest BCUT2D eigenvalue weighted by Gasteiger charge is 2.28. The van der Waals surface area contributed by atoms with E-state index in [2.05, 4.69) is 5.16 Å². The summed E-state index contributed by atoms with van der Waals surface area (Å²) in [5.41, 5.74) is 4.50. The van der Waals surface area contributed by atoms with Gasteiger partial charge in [-0.15, -0.1) is 0 Å². The highest BCUT2D eigenvalue weighted by molar-refractivity contribution is 6.30. The molecule has 0 atom stereocenters. The number of hydrogen-bond acceptors (Lipinski definition) is 3. The first-order chi connectivity index (χ1) is 14.2. The van der Waals surface area contributed by atoms with Gasteiger partial charge in [-0.05, 0) is 60.7 Å². The third-order valence-electron chi connectivity index (χ3n) is 5.25. The minimum absolute atomic E-state index is 0.0120. The van der Waals surface area contributed by atoms with E-state index < -0.39 is 0 Å². The van der Waals surface area contributed by atoms with Crippen molar-refractivity contribution in [3.63, 3.8) is 0 Å². The van der Waals surface area contributed by atoms with Gasteiger partial charge in [0.1, 0.15) is 0 Å². The van der Waals surface area contributed by atoms with E-state index in [1.54, 1.807) is 0 Å². The van der Waals surface area contributed by atoms with Gasteiger partial charge in [0, 0.05) is 52.8 Å². The topological polar surface area (TPSA) is 51.3 Å². The molecule has 1 amide bonds. The van der Waals surface area contributed by atoms with Gasteiger partial charge in [-0.1, -0.05) is 16.8 Å². The average Bonchev–Trinajstić information content (AvgIpc) is 3.44. The Balaban J connectivity index is 1.38. The molecule has 2 aromatic heterocycles. The van der Waals surface area contributed by atoms with Crippen molar-refractivity contribution in [2.24, 2.45) is 0 Å². The SMILES string of the molecule is O=C(c1ccc(-n2cccc2)cc1)N1CCc2noc(-c3ccc(Cl)cc3)c2C1. The van der Waals surface area contributed by atoms with E-state index in [0.29, 0.717) is 35.9 Å². The summed E-state index contributed by atoms with van der Waals surface area (Å²) in [5, 5.41) is 4.88. The van der Waals surface area contributed by atoms with Crippen molar-refractivity contribution >= 4 is 17.5 Å². The molecule has 1 aliphatic rings. The van der Waals surface area contributed by atoms with E-state index in [9.17, 15) is 4.79 Å². The lowest BCUT2D eigenvalue weighted by Crippen LogP contribution is -2.35. The van der Waals surface area contributed by atoms with Gasteiger partial charge < -0.3 is 14.0 Å². The number of aromatic nitrogens is 2. The predicted molar refractivity (Wildman–Crippen MR) is 111 cm³/mol. The lowest BCUT2D eigenvalue weighted by atomic mass is 10.0. The smallest absolute Gasteiger partial charge is 0.254 e. The van der Waals surface area contributed by atoms with Crippen LogP contribution < -0.4 is 0 Å². The minimum atomic E-state index is 0.0120. The predicted octanol–water partition coefficient (Wildman–Crippen LogP) is 4.98. The Kier molecular flexibility index (Phi) is 4.45. The molecule has 0 radical (unpaired) electrons. The fraction of sp³-hybridized carbons (Fsp3) is 0.130. The van der Waals surface area contributed by atoms with E-state index in [1.807, 2.05) is 82.5 Å². The van der Waals surface area contributed by atoms with E-state index in [0.717, 1.165) is 22.5 Å². The van der Waals surface area contributed by atoms with Crippen LogP contribution in [0.4, 0.5) is 0 Å². The average molecular weight is 404 g/mol. The van der Waals surface area contributed by atoms with Gasteiger partial charge in [0.2, 0.25) is 0 Å². The third kappa shape index (κ3) is 3.34. The van der Waals surface area contributed by atoms with E-state index in [4.69, 9.17) is 16.1 Å². The fourth-order valence-electron chi connectivity index (χ4n) is 3.68. The number of hydrogen-bond donors (Lipinski definition) is 0. The van der Waals surface area contributed by atoms with E-state index >= 15 is 0 Å². The van der Waals surface area contributed by atoms with Gasteiger partial charge in [-0.2, -0.15) is 0 Å². The molecule has 0 aliphatic carbocycles. The molecule has 4 aromatic rings. The largest absolute Gasteiger partial charge is 0.356 e. The standard InChI is InChI=1S/C23H18ClN3O2/c24-18-7-3-16(4-8-18)22-20-15-27(14-11-21(20)25-29-22)23(28)17-5-9-19(10-6-17)26-12-1-2-13-26/h1-10,12-13H,11,14-15H2. The quantitative estimate of drug-likeness (QED) is 0.484. The Morgan fingerprint density at radius 2 is 1.72 bits per heavy atom. The molecular weight excluding hydrogens is 386 g/mol. The Morgan fingerprint density at radius 3 is 2.45 bits per heavy atom. The second-order valence-corrected chi connectivity index (χ2v) is 7.49. The number of carbonyl (C=O) groups is 1. The molecule has 5 nitrogen and oxygen atoms in total. The molecule has 6 heteroatoms. The number of nitrogens with zero attached hydrogens (tertiary/aromatic N) is 3.